The largest absolute Gasteiger partial charge is 0.364 e. The Morgan fingerprint density at radius 2 is 1.45 bits per heavy atom. The van der Waals surface area contributed by atoms with E-state index in [-0.39, 0.29) is 0 Å². The molecule has 5 rings (SSSR count). The summed E-state index contributed by atoms with van der Waals surface area (Å²) in [6, 6.07) is 17.9. The molecule has 0 aliphatic rings. The highest BCUT2D eigenvalue weighted by Gasteiger charge is 2.14. The molecule has 4 aromatic heterocycles. The Kier molecular flexibility index (Phi) is 5.17. The minimum absolute atomic E-state index is 0.516. The fourth-order valence-corrected chi connectivity index (χ4v) is 3.25. The van der Waals surface area contributed by atoms with Crippen LogP contribution < -0.4 is 10.6 Å². The van der Waals surface area contributed by atoms with E-state index in [0.717, 1.165) is 22.5 Å². The van der Waals surface area contributed by atoms with Crippen molar-refractivity contribution in [1.29, 1.82) is 0 Å². The summed E-state index contributed by atoms with van der Waals surface area (Å²) in [5.41, 5.74) is 4.53. The molecule has 31 heavy (non-hydrogen) atoms. The van der Waals surface area contributed by atoms with Crippen LogP contribution in [-0.4, -0.2) is 29.5 Å². The predicted octanol–water partition coefficient (Wildman–Crippen LogP) is 3.83. The zero-order chi connectivity index (χ0) is 20.9. The second kappa shape index (κ2) is 8.58. The molecule has 8 nitrogen and oxygen atoms in total. The first-order chi connectivity index (χ1) is 15.4. The maximum absolute atomic E-state index is 4.75. The number of anilines is 2. The molecule has 0 aliphatic carbocycles. The molecule has 5 aromatic rings. The molecule has 0 saturated carbocycles. The number of hydrogen-bond acceptors (Lipinski definition) is 7. The van der Waals surface area contributed by atoms with Crippen LogP contribution in [0.1, 0.15) is 11.1 Å². The van der Waals surface area contributed by atoms with Crippen LogP contribution in [0, 0.1) is 0 Å². The molecule has 0 amide bonds. The Labute approximate surface area is 179 Å². The normalized spacial score (nSPS) is 10.8. The van der Waals surface area contributed by atoms with Crippen LogP contribution in [-0.2, 0) is 13.1 Å². The van der Waals surface area contributed by atoms with Gasteiger partial charge in [-0.2, -0.15) is 9.97 Å². The summed E-state index contributed by atoms with van der Waals surface area (Å²) in [5.74, 6) is 1.18. The van der Waals surface area contributed by atoms with Crippen LogP contribution in [0.2, 0.25) is 0 Å². The first-order valence-electron chi connectivity index (χ1n) is 9.93. The van der Waals surface area contributed by atoms with E-state index in [4.69, 9.17) is 4.98 Å². The summed E-state index contributed by atoms with van der Waals surface area (Å²) in [6.45, 7) is 1.15. The summed E-state index contributed by atoms with van der Waals surface area (Å²) in [5, 5.41) is 6.69. The Morgan fingerprint density at radius 1 is 0.742 bits per heavy atom. The summed E-state index contributed by atoms with van der Waals surface area (Å²) in [7, 11) is 0. The van der Waals surface area contributed by atoms with E-state index < -0.39 is 0 Å². The van der Waals surface area contributed by atoms with Gasteiger partial charge in [-0.25, -0.2) is 4.98 Å². The highest BCUT2D eigenvalue weighted by Crippen LogP contribution is 2.24. The predicted molar refractivity (Wildman–Crippen MR) is 120 cm³/mol. The molecule has 0 unspecified atom stereocenters. The van der Waals surface area contributed by atoms with E-state index in [1.165, 1.54) is 0 Å². The van der Waals surface area contributed by atoms with Crippen molar-refractivity contribution >= 4 is 22.9 Å². The van der Waals surface area contributed by atoms with Crippen LogP contribution in [0.3, 0.4) is 0 Å². The fraction of sp³-hybridized carbons (Fsp3) is 0.0870. The van der Waals surface area contributed by atoms with Gasteiger partial charge in [0.05, 0.1) is 0 Å². The molecular formula is C23H20N8. The SMILES string of the molecule is c1ccc(-n2cnc3c(NCc4cccnc4)nc(NCc4cccnc4)nc32)cc1. The third kappa shape index (κ3) is 4.18. The monoisotopic (exact) mass is 408 g/mol. The van der Waals surface area contributed by atoms with Crippen molar-refractivity contribution in [3.8, 4) is 5.69 Å². The molecule has 0 saturated heterocycles. The van der Waals surface area contributed by atoms with Crippen molar-refractivity contribution in [3.05, 3.63) is 96.8 Å². The van der Waals surface area contributed by atoms with Gasteiger partial charge in [-0.05, 0) is 35.4 Å². The molecule has 1 aromatic carbocycles. The average molecular weight is 408 g/mol. The summed E-state index contributed by atoms with van der Waals surface area (Å²) < 4.78 is 1.96. The fourth-order valence-electron chi connectivity index (χ4n) is 3.25. The van der Waals surface area contributed by atoms with E-state index in [1.54, 1.807) is 18.7 Å². The Balaban J connectivity index is 1.51. The van der Waals surface area contributed by atoms with Crippen molar-refractivity contribution in [2.45, 2.75) is 13.1 Å². The number of aromatic nitrogens is 6. The number of nitrogens with zero attached hydrogens (tertiary/aromatic N) is 6. The van der Waals surface area contributed by atoms with E-state index in [9.17, 15) is 0 Å². The lowest BCUT2D eigenvalue weighted by Gasteiger charge is -2.11. The first-order valence-corrected chi connectivity index (χ1v) is 9.93. The van der Waals surface area contributed by atoms with Gasteiger partial charge in [0.2, 0.25) is 5.95 Å². The van der Waals surface area contributed by atoms with Crippen LogP contribution in [0.25, 0.3) is 16.9 Å². The van der Waals surface area contributed by atoms with Gasteiger partial charge in [-0.15, -0.1) is 0 Å². The van der Waals surface area contributed by atoms with Gasteiger partial charge in [0.15, 0.2) is 17.0 Å². The first kappa shape index (κ1) is 18.7. The van der Waals surface area contributed by atoms with Crippen molar-refractivity contribution in [2.24, 2.45) is 0 Å². The lowest BCUT2D eigenvalue weighted by Crippen LogP contribution is -2.09. The topological polar surface area (TPSA) is 93.4 Å². The van der Waals surface area contributed by atoms with E-state index in [0.29, 0.717) is 30.4 Å². The van der Waals surface area contributed by atoms with Gasteiger partial charge in [0.1, 0.15) is 6.33 Å². The molecule has 152 valence electrons. The van der Waals surface area contributed by atoms with Crippen LogP contribution >= 0.6 is 0 Å². The Bertz CT molecular complexity index is 1270. The number of nitrogens with one attached hydrogen (secondary N) is 2. The number of imidazole rings is 1. The molecule has 0 aliphatic heterocycles. The summed E-state index contributed by atoms with van der Waals surface area (Å²) in [6.07, 6.45) is 8.94. The third-order valence-electron chi connectivity index (χ3n) is 4.79. The number of hydrogen-bond donors (Lipinski definition) is 2. The van der Waals surface area contributed by atoms with Crippen LogP contribution in [0.4, 0.5) is 11.8 Å². The zero-order valence-electron chi connectivity index (χ0n) is 16.7. The average Bonchev–Trinajstić information content (AvgIpc) is 3.27. The van der Waals surface area contributed by atoms with Crippen molar-refractivity contribution in [1.82, 2.24) is 29.5 Å². The van der Waals surface area contributed by atoms with Crippen molar-refractivity contribution < 1.29 is 0 Å². The van der Waals surface area contributed by atoms with Crippen LogP contribution in [0.15, 0.2) is 85.7 Å². The van der Waals surface area contributed by atoms with Gasteiger partial charge in [-0.1, -0.05) is 30.3 Å². The van der Waals surface area contributed by atoms with Gasteiger partial charge in [0.25, 0.3) is 0 Å². The van der Waals surface area contributed by atoms with Crippen LogP contribution in [0.5, 0.6) is 0 Å². The lowest BCUT2D eigenvalue weighted by molar-refractivity contribution is 1.02. The van der Waals surface area contributed by atoms with Crippen molar-refractivity contribution in [3.63, 3.8) is 0 Å². The van der Waals surface area contributed by atoms with Gasteiger partial charge < -0.3 is 10.6 Å². The molecule has 8 heteroatoms. The zero-order valence-corrected chi connectivity index (χ0v) is 16.7. The molecule has 2 N–H and O–H groups in total. The highest BCUT2D eigenvalue weighted by atomic mass is 15.2. The van der Waals surface area contributed by atoms with E-state index >= 15 is 0 Å². The van der Waals surface area contributed by atoms with Gasteiger partial charge >= 0.3 is 0 Å². The Morgan fingerprint density at radius 3 is 2.13 bits per heavy atom. The third-order valence-corrected chi connectivity index (χ3v) is 4.79. The van der Waals surface area contributed by atoms with Crippen molar-refractivity contribution in [2.75, 3.05) is 10.6 Å². The van der Waals surface area contributed by atoms with Gasteiger partial charge in [-0.3, -0.25) is 14.5 Å². The molecule has 0 atom stereocenters. The number of pyridine rings is 2. The number of fused-ring (bicyclic) bond motifs is 1. The standard InChI is InChI=1S/C23H20N8/c1-2-8-19(9-3-1)31-16-28-20-21(26-14-17-6-4-10-24-12-17)29-23(30-22(20)31)27-15-18-7-5-11-25-13-18/h1-13,16H,14-15H2,(H2,26,27,29,30). The van der Waals surface area contributed by atoms with E-state index in [2.05, 4.69) is 30.6 Å². The second-order valence-electron chi connectivity index (χ2n) is 6.95. The number of rotatable bonds is 7. The summed E-state index contributed by atoms with van der Waals surface area (Å²) >= 11 is 0. The molecular weight excluding hydrogens is 388 g/mol. The minimum Gasteiger partial charge on any atom is -0.364 e. The smallest absolute Gasteiger partial charge is 0.227 e. The minimum atomic E-state index is 0.516. The molecule has 0 fully saturated rings. The Hall–Kier alpha value is -4.33. The number of para-hydroxylation sites is 1. The summed E-state index contributed by atoms with van der Waals surface area (Å²) in [4.78, 5) is 22.4. The lowest BCUT2D eigenvalue weighted by atomic mass is 10.3. The van der Waals surface area contributed by atoms with Gasteiger partial charge in [0, 0.05) is 43.6 Å². The quantitative estimate of drug-likeness (QED) is 0.423. The maximum Gasteiger partial charge on any atom is 0.227 e. The second-order valence-corrected chi connectivity index (χ2v) is 6.95. The highest BCUT2D eigenvalue weighted by molar-refractivity contribution is 5.85. The molecule has 0 spiro atoms. The molecule has 4 heterocycles. The molecule has 0 bridgehead atoms. The molecule has 0 radical (unpaired) electrons. The maximum atomic E-state index is 4.75. The number of benzene rings is 1. The van der Waals surface area contributed by atoms with E-state index in [1.807, 2.05) is 71.6 Å².